The predicted octanol–water partition coefficient (Wildman–Crippen LogP) is 6.79. The zero-order chi connectivity index (χ0) is 24.7. The van der Waals surface area contributed by atoms with Crippen LogP contribution >= 0.6 is 0 Å². The number of carbonyl (C=O) groups is 1. The van der Waals surface area contributed by atoms with Crippen LogP contribution in [-0.4, -0.2) is 37.6 Å². The van der Waals surface area contributed by atoms with Crippen molar-refractivity contribution in [2.24, 2.45) is 28.8 Å². The summed E-state index contributed by atoms with van der Waals surface area (Å²) in [6.45, 7) is 13.9. The van der Waals surface area contributed by atoms with Crippen LogP contribution in [0.3, 0.4) is 0 Å². The molecule has 0 saturated heterocycles. The van der Waals surface area contributed by atoms with E-state index in [1.807, 2.05) is 20.8 Å². The first-order valence-electron chi connectivity index (χ1n) is 13.1. The lowest BCUT2D eigenvalue weighted by Crippen LogP contribution is -2.27. The van der Waals surface area contributed by atoms with Gasteiger partial charge in [0.15, 0.2) is 0 Å². The summed E-state index contributed by atoms with van der Waals surface area (Å²) >= 11 is 0. The molecule has 0 aromatic rings. The van der Waals surface area contributed by atoms with E-state index in [1.165, 1.54) is 26.4 Å². The fourth-order valence-corrected chi connectivity index (χ4v) is 4.38. The molecule has 1 fully saturated rings. The fraction of sp³-hybridized carbons (Fsp3) is 0.857. The molecule has 5 nitrogen and oxygen atoms in total. The average Bonchev–Trinajstić information content (AvgIpc) is 2.72. The number of hydrogen-bond donors (Lipinski definition) is 0. The zero-order valence-corrected chi connectivity index (χ0v) is 22.4. The summed E-state index contributed by atoms with van der Waals surface area (Å²) in [6, 6.07) is 0. The molecule has 0 aromatic heterocycles. The highest BCUT2D eigenvalue weighted by Crippen LogP contribution is 2.32. The van der Waals surface area contributed by atoms with Crippen LogP contribution in [0.4, 0.5) is 0 Å². The first kappa shape index (κ1) is 29.5. The highest BCUT2D eigenvalue weighted by molar-refractivity contribution is 6.03. The van der Waals surface area contributed by atoms with Crippen LogP contribution in [0.25, 0.3) is 0 Å². The lowest BCUT2D eigenvalue weighted by molar-refractivity contribution is -0.155. The van der Waals surface area contributed by atoms with Crippen LogP contribution in [0, 0.1) is 35.5 Å². The highest BCUT2D eigenvalue weighted by Gasteiger charge is 2.25. The van der Waals surface area contributed by atoms with Crippen molar-refractivity contribution in [1.82, 2.24) is 0 Å². The van der Waals surface area contributed by atoms with Crippen molar-refractivity contribution >= 4 is 11.7 Å². The van der Waals surface area contributed by atoms with E-state index in [2.05, 4.69) is 37.8 Å². The molecule has 0 radical (unpaired) electrons. The van der Waals surface area contributed by atoms with Gasteiger partial charge in [-0.15, -0.1) is 0 Å². The normalized spacial score (nSPS) is 20.2. The van der Waals surface area contributed by atoms with Crippen molar-refractivity contribution in [2.45, 2.75) is 111 Å². The van der Waals surface area contributed by atoms with E-state index in [-0.39, 0.29) is 18.3 Å². The van der Waals surface area contributed by atoms with Crippen LogP contribution in [0.2, 0.25) is 0 Å². The molecule has 0 aliphatic heterocycles. The minimum Gasteiger partial charge on any atom is -0.460 e. The Morgan fingerprint density at radius 3 is 2.33 bits per heavy atom. The van der Waals surface area contributed by atoms with Gasteiger partial charge in [0.2, 0.25) is 0 Å². The van der Waals surface area contributed by atoms with E-state index in [0.29, 0.717) is 18.2 Å². The second-order valence-electron chi connectivity index (χ2n) is 10.9. The molecule has 33 heavy (non-hydrogen) atoms. The molecular formula is C28H49NO4. The van der Waals surface area contributed by atoms with Gasteiger partial charge in [-0.2, -0.15) is 0 Å². The first-order valence-corrected chi connectivity index (χ1v) is 13.1. The Kier molecular flexibility index (Phi) is 14.4. The first-order chi connectivity index (χ1) is 15.6. The summed E-state index contributed by atoms with van der Waals surface area (Å²) in [5.74, 6) is 8.41. The van der Waals surface area contributed by atoms with Gasteiger partial charge in [-0.05, 0) is 89.9 Å². The van der Waals surface area contributed by atoms with E-state index in [4.69, 9.17) is 14.3 Å². The van der Waals surface area contributed by atoms with Crippen molar-refractivity contribution in [3.63, 3.8) is 0 Å². The van der Waals surface area contributed by atoms with Crippen molar-refractivity contribution in [3.05, 3.63) is 0 Å². The molecule has 0 amide bonds. The summed E-state index contributed by atoms with van der Waals surface area (Å²) in [6.07, 6.45) is 10.2. The second kappa shape index (κ2) is 16.1. The van der Waals surface area contributed by atoms with Crippen molar-refractivity contribution in [2.75, 3.05) is 20.3 Å². The number of rotatable bonds is 13. The number of carbonyl (C=O) groups excluding carboxylic acids is 1. The SMILES string of the molecule is CCCCOCCCC(CC(=O)OC(C)(C)C)C(C#C[C@H]1CC[C@@H](CC(C)C)CC1)=NOC. The van der Waals surface area contributed by atoms with E-state index in [1.54, 1.807) is 0 Å². The third kappa shape index (κ3) is 14.4. The monoisotopic (exact) mass is 463 g/mol. The molecule has 1 unspecified atom stereocenters. The van der Waals surface area contributed by atoms with E-state index in [0.717, 1.165) is 57.0 Å². The number of unbranched alkanes of at least 4 members (excludes halogenated alkanes) is 1. The molecule has 1 aliphatic rings. The average molecular weight is 464 g/mol. The summed E-state index contributed by atoms with van der Waals surface area (Å²) in [4.78, 5) is 17.7. The molecule has 0 bridgehead atoms. The van der Waals surface area contributed by atoms with E-state index in [9.17, 15) is 4.79 Å². The Hall–Kier alpha value is -1.54. The van der Waals surface area contributed by atoms with E-state index >= 15 is 0 Å². The number of oxime groups is 1. The van der Waals surface area contributed by atoms with Crippen molar-refractivity contribution < 1.29 is 19.1 Å². The number of esters is 1. The van der Waals surface area contributed by atoms with Gasteiger partial charge >= 0.3 is 5.97 Å². The minimum absolute atomic E-state index is 0.126. The van der Waals surface area contributed by atoms with Crippen LogP contribution in [-0.2, 0) is 19.1 Å². The molecule has 0 aromatic carbocycles. The van der Waals surface area contributed by atoms with Gasteiger partial charge in [0.25, 0.3) is 0 Å². The van der Waals surface area contributed by atoms with Gasteiger partial charge in [-0.1, -0.05) is 38.3 Å². The lowest BCUT2D eigenvalue weighted by Gasteiger charge is -2.26. The molecule has 1 rings (SSSR count). The zero-order valence-electron chi connectivity index (χ0n) is 22.4. The van der Waals surface area contributed by atoms with Crippen LogP contribution in [0.15, 0.2) is 5.16 Å². The van der Waals surface area contributed by atoms with Gasteiger partial charge in [-0.3, -0.25) is 4.79 Å². The van der Waals surface area contributed by atoms with Crippen LogP contribution in [0.1, 0.15) is 106 Å². The summed E-state index contributed by atoms with van der Waals surface area (Å²) in [7, 11) is 1.54. The third-order valence-electron chi connectivity index (χ3n) is 5.95. The molecule has 1 aliphatic carbocycles. The summed E-state index contributed by atoms with van der Waals surface area (Å²) in [5, 5.41) is 4.24. The maximum Gasteiger partial charge on any atom is 0.307 e. The molecule has 0 N–H and O–H groups in total. The lowest BCUT2D eigenvalue weighted by atomic mass is 9.78. The standard InChI is InChI=1S/C28H49NO4/c1-8-9-18-32-19-10-11-25(21-27(30)33-28(4,5)6)26(29-31-7)17-16-23-12-14-24(15-13-23)20-22(2)3/h22-25H,8-15,18-21H2,1-7H3/t23-,24+,25?. The maximum absolute atomic E-state index is 12.6. The van der Waals surface area contributed by atoms with Gasteiger partial charge in [0.05, 0.1) is 6.42 Å². The Morgan fingerprint density at radius 1 is 1.09 bits per heavy atom. The molecule has 0 heterocycles. The molecule has 1 atom stereocenters. The number of nitrogens with zero attached hydrogens (tertiary/aromatic N) is 1. The molecule has 190 valence electrons. The van der Waals surface area contributed by atoms with Gasteiger partial charge in [0.1, 0.15) is 18.4 Å². The summed E-state index contributed by atoms with van der Waals surface area (Å²) < 4.78 is 11.3. The Morgan fingerprint density at radius 2 is 1.76 bits per heavy atom. The number of hydrogen-bond acceptors (Lipinski definition) is 5. The molecule has 0 spiro atoms. The van der Waals surface area contributed by atoms with Crippen LogP contribution < -0.4 is 0 Å². The summed E-state index contributed by atoms with van der Waals surface area (Å²) in [5.41, 5.74) is 0.144. The molecule has 1 saturated carbocycles. The van der Waals surface area contributed by atoms with Gasteiger partial charge in [-0.25, -0.2) is 0 Å². The number of ether oxygens (including phenoxy) is 2. The Labute approximate surface area is 203 Å². The van der Waals surface area contributed by atoms with Crippen molar-refractivity contribution in [1.29, 1.82) is 0 Å². The largest absolute Gasteiger partial charge is 0.460 e. The van der Waals surface area contributed by atoms with Gasteiger partial charge < -0.3 is 14.3 Å². The maximum atomic E-state index is 12.6. The third-order valence-corrected chi connectivity index (χ3v) is 5.95. The molecular weight excluding hydrogens is 414 g/mol. The second-order valence-corrected chi connectivity index (χ2v) is 10.9. The highest BCUT2D eigenvalue weighted by atomic mass is 16.6. The molecule has 5 heteroatoms. The Bertz CT molecular complexity index is 631. The predicted molar refractivity (Wildman–Crippen MR) is 136 cm³/mol. The topological polar surface area (TPSA) is 57.1 Å². The van der Waals surface area contributed by atoms with Gasteiger partial charge in [0, 0.05) is 25.0 Å². The minimum atomic E-state index is -0.510. The van der Waals surface area contributed by atoms with Crippen molar-refractivity contribution in [3.8, 4) is 11.8 Å². The Balaban J connectivity index is 2.80. The van der Waals surface area contributed by atoms with Crippen LogP contribution in [0.5, 0.6) is 0 Å². The van der Waals surface area contributed by atoms with E-state index < -0.39 is 5.60 Å². The smallest absolute Gasteiger partial charge is 0.307 e. The fourth-order valence-electron chi connectivity index (χ4n) is 4.38. The quantitative estimate of drug-likeness (QED) is 0.0992.